The molecule has 98 valence electrons. The van der Waals surface area contributed by atoms with E-state index in [4.69, 9.17) is 0 Å². The Labute approximate surface area is 113 Å². The summed E-state index contributed by atoms with van der Waals surface area (Å²) in [6.07, 6.45) is 0.356. The number of carbonyl (C=O) groups excluding carboxylic acids is 1. The quantitative estimate of drug-likeness (QED) is 0.753. The lowest BCUT2D eigenvalue weighted by atomic mass is 9.97. The highest BCUT2D eigenvalue weighted by Gasteiger charge is 2.11. The van der Waals surface area contributed by atoms with Gasteiger partial charge >= 0.3 is 0 Å². The van der Waals surface area contributed by atoms with Gasteiger partial charge in [0, 0.05) is 12.0 Å². The van der Waals surface area contributed by atoms with Gasteiger partial charge in [-0.1, -0.05) is 29.3 Å². The maximum atomic E-state index is 13.0. The molecule has 0 spiro atoms. The van der Waals surface area contributed by atoms with Gasteiger partial charge in [-0.3, -0.25) is 4.79 Å². The Bertz CT molecular complexity index is 609. The molecule has 19 heavy (non-hydrogen) atoms. The number of aryl methyl sites for hydroxylation is 3. The molecule has 0 unspecified atom stereocenters. The van der Waals surface area contributed by atoms with Crippen molar-refractivity contribution in [3.8, 4) is 0 Å². The Morgan fingerprint density at radius 3 is 2.21 bits per heavy atom. The van der Waals surface area contributed by atoms with E-state index in [1.54, 1.807) is 13.0 Å². The van der Waals surface area contributed by atoms with Gasteiger partial charge < -0.3 is 0 Å². The Morgan fingerprint density at radius 2 is 1.63 bits per heavy atom. The molecule has 0 amide bonds. The van der Waals surface area contributed by atoms with Gasteiger partial charge in [0.1, 0.15) is 5.82 Å². The maximum absolute atomic E-state index is 13.0. The lowest BCUT2D eigenvalue weighted by Crippen LogP contribution is -2.06. The molecule has 1 nitrogen and oxygen atoms in total. The number of benzene rings is 2. The van der Waals surface area contributed by atoms with Crippen LogP contribution >= 0.6 is 0 Å². The van der Waals surface area contributed by atoms with Gasteiger partial charge in [-0.15, -0.1) is 0 Å². The fraction of sp³-hybridized carbons (Fsp3) is 0.235. The predicted molar refractivity (Wildman–Crippen MR) is 75.1 cm³/mol. The molecular formula is C17H17FO. The van der Waals surface area contributed by atoms with Crippen LogP contribution in [-0.2, 0) is 6.42 Å². The zero-order chi connectivity index (χ0) is 14.0. The average molecular weight is 256 g/mol. The second-order valence-corrected chi connectivity index (χ2v) is 5.06. The molecule has 0 aliphatic heterocycles. The highest BCUT2D eigenvalue weighted by molar-refractivity contribution is 5.98. The van der Waals surface area contributed by atoms with E-state index in [-0.39, 0.29) is 11.6 Å². The van der Waals surface area contributed by atoms with Crippen molar-refractivity contribution in [2.45, 2.75) is 27.2 Å². The van der Waals surface area contributed by atoms with Crippen LogP contribution in [0.4, 0.5) is 4.39 Å². The third kappa shape index (κ3) is 3.28. The standard InChI is InChI=1S/C17H17FO/c1-11-6-12(2)8-14(7-11)10-17(19)16-5-4-15(18)9-13(16)3/h4-9H,10H2,1-3H3. The van der Waals surface area contributed by atoms with Gasteiger partial charge in [0.2, 0.25) is 0 Å². The number of Topliss-reactive ketones (excluding diaryl/α,β-unsaturated/α-hetero) is 1. The first-order chi connectivity index (χ1) is 8.95. The van der Waals surface area contributed by atoms with E-state index >= 15 is 0 Å². The van der Waals surface area contributed by atoms with Gasteiger partial charge in [-0.05, 0) is 50.1 Å². The molecule has 0 saturated heterocycles. The summed E-state index contributed by atoms with van der Waals surface area (Å²) in [7, 11) is 0. The van der Waals surface area contributed by atoms with Crippen LogP contribution in [0.3, 0.4) is 0 Å². The van der Waals surface area contributed by atoms with Crippen molar-refractivity contribution in [3.63, 3.8) is 0 Å². The lowest BCUT2D eigenvalue weighted by molar-refractivity contribution is 0.0992. The molecule has 0 fully saturated rings. The molecule has 0 N–H and O–H groups in total. The number of hydrogen-bond donors (Lipinski definition) is 0. The monoisotopic (exact) mass is 256 g/mol. The molecule has 0 aliphatic carbocycles. The summed E-state index contributed by atoms with van der Waals surface area (Å²) >= 11 is 0. The first kappa shape index (κ1) is 13.5. The number of hydrogen-bond acceptors (Lipinski definition) is 1. The molecular weight excluding hydrogens is 239 g/mol. The summed E-state index contributed by atoms with van der Waals surface area (Å²) in [5.41, 5.74) is 4.60. The van der Waals surface area contributed by atoms with Crippen molar-refractivity contribution in [3.05, 3.63) is 70.0 Å². The normalized spacial score (nSPS) is 10.5. The molecule has 0 saturated carbocycles. The summed E-state index contributed by atoms with van der Waals surface area (Å²) in [6, 6.07) is 10.4. The van der Waals surface area contributed by atoms with Crippen molar-refractivity contribution in [2.24, 2.45) is 0 Å². The largest absolute Gasteiger partial charge is 0.294 e. The van der Waals surface area contributed by atoms with Gasteiger partial charge in [-0.25, -0.2) is 4.39 Å². The maximum Gasteiger partial charge on any atom is 0.167 e. The van der Waals surface area contributed by atoms with Crippen molar-refractivity contribution >= 4 is 5.78 Å². The third-order valence-corrected chi connectivity index (χ3v) is 3.14. The fourth-order valence-electron chi connectivity index (χ4n) is 2.39. The number of ketones is 1. The van der Waals surface area contributed by atoms with E-state index in [1.165, 1.54) is 12.1 Å². The van der Waals surface area contributed by atoms with Gasteiger partial charge in [0.05, 0.1) is 0 Å². The Hall–Kier alpha value is -1.96. The first-order valence-electron chi connectivity index (χ1n) is 6.32. The first-order valence-corrected chi connectivity index (χ1v) is 6.32. The molecule has 2 rings (SSSR count). The summed E-state index contributed by atoms with van der Waals surface area (Å²) in [6.45, 7) is 5.80. The summed E-state index contributed by atoms with van der Waals surface area (Å²) in [4.78, 5) is 12.2. The van der Waals surface area contributed by atoms with E-state index in [0.29, 0.717) is 17.5 Å². The van der Waals surface area contributed by atoms with Crippen molar-refractivity contribution in [1.82, 2.24) is 0 Å². The van der Waals surface area contributed by atoms with E-state index in [1.807, 2.05) is 26.0 Å². The zero-order valence-electron chi connectivity index (χ0n) is 11.5. The molecule has 0 radical (unpaired) electrons. The molecule has 2 aromatic rings. The molecule has 0 aliphatic rings. The molecule has 2 aromatic carbocycles. The minimum atomic E-state index is -0.305. The van der Waals surface area contributed by atoms with E-state index in [0.717, 1.165) is 16.7 Å². The van der Waals surface area contributed by atoms with E-state index in [9.17, 15) is 9.18 Å². The summed E-state index contributed by atoms with van der Waals surface area (Å²) < 4.78 is 13.0. The minimum Gasteiger partial charge on any atom is -0.294 e. The second-order valence-electron chi connectivity index (χ2n) is 5.06. The fourth-order valence-corrected chi connectivity index (χ4v) is 2.39. The molecule has 0 bridgehead atoms. The van der Waals surface area contributed by atoms with Crippen LogP contribution in [0.1, 0.15) is 32.6 Å². The predicted octanol–water partition coefficient (Wildman–Crippen LogP) is 4.18. The van der Waals surface area contributed by atoms with Crippen LogP contribution in [0.2, 0.25) is 0 Å². The van der Waals surface area contributed by atoms with Crippen LogP contribution < -0.4 is 0 Å². The SMILES string of the molecule is Cc1cc(C)cc(CC(=O)c2ccc(F)cc2C)c1. The van der Waals surface area contributed by atoms with Crippen LogP contribution in [0.15, 0.2) is 36.4 Å². The number of carbonyl (C=O) groups is 1. The molecule has 0 heterocycles. The topological polar surface area (TPSA) is 17.1 Å². The Kier molecular flexibility index (Phi) is 3.79. The van der Waals surface area contributed by atoms with Crippen molar-refractivity contribution in [1.29, 1.82) is 0 Å². The molecule has 2 heteroatoms. The molecule has 0 atom stereocenters. The van der Waals surface area contributed by atoms with Gasteiger partial charge in [0.15, 0.2) is 5.78 Å². The summed E-state index contributed by atoms with van der Waals surface area (Å²) in [5, 5.41) is 0. The Balaban J connectivity index is 2.25. The van der Waals surface area contributed by atoms with Crippen LogP contribution in [-0.4, -0.2) is 5.78 Å². The van der Waals surface area contributed by atoms with Gasteiger partial charge in [0.25, 0.3) is 0 Å². The van der Waals surface area contributed by atoms with Crippen LogP contribution in [0, 0.1) is 26.6 Å². The number of rotatable bonds is 3. The average Bonchev–Trinajstić information content (AvgIpc) is 2.26. The molecule has 0 aromatic heterocycles. The third-order valence-electron chi connectivity index (χ3n) is 3.14. The zero-order valence-corrected chi connectivity index (χ0v) is 11.5. The summed E-state index contributed by atoms with van der Waals surface area (Å²) in [5.74, 6) is -0.275. The van der Waals surface area contributed by atoms with Crippen molar-refractivity contribution < 1.29 is 9.18 Å². The van der Waals surface area contributed by atoms with Gasteiger partial charge in [-0.2, -0.15) is 0 Å². The lowest BCUT2D eigenvalue weighted by Gasteiger charge is -2.07. The second kappa shape index (κ2) is 5.35. The Morgan fingerprint density at radius 1 is 1.00 bits per heavy atom. The van der Waals surface area contributed by atoms with E-state index in [2.05, 4.69) is 6.07 Å². The van der Waals surface area contributed by atoms with E-state index < -0.39 is 0 Å². The van der Waals surface area contributed by atoms with Crippen molar-refractivity contribution in [2.75, 3.05) is 0 Å². The smallest absolute Gasteiger partial charge is 0.167 e. The minimum absolute atomic E-state index is 0.0301. The number of halogens is 1. The highest BCUT2D eigenvalue weighted by Crippen LogP contribution is 2.15. The highest BCUT2D eigenvalue weighted by atomic mass is 19.1. The van der Waals surface area contributed by atoms with Crippen LogP contribution in [0.25, 0.3) is 0 Å². The van der Waals surface area contributed by atoms with Crippen LogP contribution in [0.5, 0.6) is 0 Å².